The van der Waals surface area contributed by atoms with E-state index in [0.717, 1.165) is 18.4 Å². The van der Waals surface area contributed by atoms with Crippen molar-refractivity contribution in [3.63, 3.8) is 0 Å². The van der Waals surface area contributed by atoms with Gasteiger partial charge in [0.25, 0.3) is 0 Å². The Labute approximate surface area is 114 Å². The zero-order valence-corrected chi connectivity index (χ0v) is 11.2. The van der Waals surface area contributed by atoms with Crippen molar-refractivity contribution >= 4 is 12.0 Å². The quantitative estimate of drug-likeness (QED) is 0.853. The zero-order valence-electron chi connectivity index (χ0n) is 11.2. The van der Waals surface area contributed by atoms with Crippen molar-refractivity contribution in [3.05, 3.63) is 42.0 Å². The predicted octanol–water partition coefficient (Wildman–Crippen LogP) is 2.78. The van der Waals surface area contributed by atoms with Gasteiger partial charge in [-0.25, -0.2) is 0 Å². The van der Waals surface area contributed by atoms with Crippen molar-refractivity contribution in [1.29, 1.82) is 0 Å². The van der Waals surface area contributed by atoms with Gasteiger partial charge in [0.2, 0.25) is 5.91 Å². The Morgan fingerprint density at radius 3 is 2.74 bits per heavy atom. The first kappa shape index (κ1) is 13.8. The van der Waals surface area contributed by atoms with Crippen LogP contribution in [0.4, 0.5) is 0 Å². The molecule has 0 spiro atoms. The number of ether oxygens (including phenoxy) is 1. The molecule has 1 N–H and O–H groups in total. The first-order valence-corrected chi connectivity index (χ1v) is 6.94. The maximum absolute atomic E-state index is 11.5. The molecule has 0 aromatic heterocycles. The van der Waals surface area contributed by atoms with E-state index in [4.69, 9.17) is 4.74 Å². The van der Waals surface area contributed by atoms with Crippen LogP contribution in [0, 0.1) is 0 Å². The average Bonchev–Trinajstić information content (AvgIpc) is 2.96. The van der Waals surface area contributed by atoms with E-state index >= 15 is 0 Å². The molecule has 1 fully saturated rings. The molecule has 0 radical (unpaired) electrons. The Balaban J connectivity index is 1.59. The van der Waals surface area contributed by atoms with Crippen LogP contribution < -0.4 is 5.32 Å². The summed E-state index contributed by atoms with van der Waals surface area (Å²) >= 11 is 0. The number of benzene rings is 1. The minimum Gasteiger partial charge on any atom is -0.368 e. The number of hydrogen-bond donors (Lipinski definition) is 1. The van der Waals surface area contributed by atoms with Gasteiger partial charge in [0.05, 0.1) is 6.10 Å². The van der Waals surface area contributed by atoms with E-state index in [-0.39, 0.29) is 12.5 Å². The Morgan fingerprint density at radius 1 is 1.26 bits per heavy atom. The molecule has 1 saturated carbocycles. The second-order valence-corrected chi connectivity index (χ2v) is 4.83. The third-order valence-electron chi connectivity index (χ3n) is 3.28. The van der Waals surface area contributed by atoms with Crippen LogP contribution in [-0.4, -0.2) is 25.2 Å². The Bertz CT molecular complexity index is 408. The highest BCUT2D eigenvalue weighted by molar-refractivity contribution is 5.77. The summed E-state index contributed by atoms with van der Waals surface area (Å²) in [6.45, 7) is 0.728. The van der Waals surface area contributed by atoms with Crippen molar-refractivity contribution in [2.45, 2.75) is 31.8 Å². The highest BCUT2D eigenvalue weighted by Crippen LogP contribution is 2.20. The van der Waals surface area contributed by atoms with E-state index in [9.17, 15) is 4.79 Å². The highest BCUT2D eigenvalue weighted by atomic mass is 16.5. The van der Waals surface area contributed by atoms with Gasteiger partial charge in [0.1, 0.15) is 6.61 Å². The molecule has 0 saturated heterocycles. The Hall–Kier alpha value is -1.61. The Kier molecular flexibility index (Phi) is 5.63. The molecule has 3 heteroatoms. The highest BCUT2D eigenvalue weighted by Gasteiger charge is 2.16. The van der Waals surface area contributed by atoms with Gasteiger partial charge >= 0.3 is 0 Å². The van der Waals surface area contributed by atoms with Crippen LogP contribution in [0.5, 0.6) is 0 Å². The molecule has 0 unspecified atom stereocenters. The maximum Gasteiger partial charge on any atom is 0.246 e. The average molecular weight is 259 g/mol. The van der Waals surface area contributed by atoms with Crippen molar-refractivity contribution in [2.24, 2.45) is 0 Å². The first-order chi connectivity index (χ1) is 9.34. The van der Waals surface area contributed by atoms with E-state index < -0.39 is 0 Å². The summed E-state index contributed by atoms with van der Waals surface area (Å²) in [7, 11) is 0. The van der Waals surface area contributed by atoms with Gasteiger partial charge in [0.15, 0.2) is 0 Å². The molecule has 2 rings (SSSR count). The molecule has 1 aromatic rings. The minimum absolute atomic E-state index is 0.0374. The van der Waals surface area contributed by atoms with E-state index in [0.29, 0.717) is 12.6 Å². The lowest BCUT2D eigenvalue weighted by Crippen LogP contribution is -2.29. The van der Waals surface area contributed by atoms with Crippen molar-refractivity contribution < 1.29 is 9.53 Å². The third-order valence-corrected chi connectivity index (χ3v) is 3.28. The molecule has 0 aliphatic heterocycles. The standard InChI is InChI=1S/C16H21NO2/c18-16(13-19-15-10-4-5-11-15)17-12-6-9-14-7-2-1-3-8-14/h1-3,6-9,15H,4-5,10-13H2,(H,17,18). The minimum atomic E-state index is -0.0374. The molecule has 0 bridgehead atoms. The lowest BCUT2D eigenvalue weighted by atomic mass is 10.2. The molecule has 1 aromatic carbocycles. The molecular weight excluding hydrogens is 238 g/mol. The summed E-state index contributed by atoms with van der Waals surface area (Å²) in [4.78, 5) is 11.5. The van der Waals surface area contributed by atoms with Crippen LogP contribution in [0.25, 0.3) is 6.08 Å². The molecule has 19 heavy (non-hydrogen) atoms. The number of carbonyl (C=O) groups is 1. The monoisotopic (exact) mass is 259 g/mol. The lowest BCUT2D eigenvalue weighted by molar-refractivity contribution is -0.127. The maximum atomic E-state index is 11.5. The molecule has 0 atom stereocenters. The van der Waals surface area contributed by atoms with Gasteiger partial charge in [-0.1, -0.05) is 55.3 Å². The van der Waals surface area contributed by atoms with Gasteiger partial charge < -0.3 is 10.1 Å². The molecule has 1 aliphatic carbocycles. The fourth-order valence-electron chi connectivity index (χ4n) is 2.23. The van der Waals surface area contributed by atoms with Gasteiger partial charge in [-0.05, 0) is 18.4 Å². The van der Waals surface area contributed by atoms with Crippen LogP contribution >= 0.6 is 0 Å². The molecule has 1 aliphatic rings. The van der Waals surface area contributed by atoms with E-state index in [1.165, 1.54) is 12.8 Å². The van der Waals surface area contributed by atoms with Gasteiger partial charge in [-0.3, -0.25) is 4.79 Å². The molecular formula is C16H21NO2. The second kappa shape index (κ2) is 7.74. The SMILES string of the molecule is O=C(COC1CCCC1)NCC=Cc1ccccc1. The van der Waals surface area contributed by atoms with Gasteiger partial charge in [-0.2, -0.15) is 0 Å². The summed E-state index contributed by atoms with van der Waals surface area (Å²) in [5.74, 6) is -0.0374. The van der Waals surface area contributed by atoms with E-state index in [2.05, 4.69) is 5.32 Å². The van der Waals surface area contributed by atoms with Crippen LogP contribution in [0.2, 0.25) is 0 Å². The fourth-order valence-corrected chi connectivity index (χ4v) is 2.23. The van der Waals surface area contributed by atoms with Crippen LogP contribution in [0.15, 0.2) is 36.4 Å². The smallest absolute Gasteiger partial charge is 0.246 e. The number of hydrogen-bond acceptors (Lipinski definition) is 2. The third kappa shape index (κ3) is 5.26. The predicted molar refractivity (Wildman–Crippen MR) is 76.7 cm³/mol. The topological polar surface area (TPSA) is 38.3 Å². The van der Waals surface area contributed by atoms with Crippen molar-refractivity contribution in [2.75, 3.05) is 13.2 Å². The van der Waals surface area contributed by atoms with E-state index in [1.54, 1.807) is 0 Å². The number of nitrogens with one attached hydrogen (secondary N) is 1. The van der Waals surface area contributed by atoms with Crippen molar-refractivity contribution in [1.82, 2.24) is 5.32 Å². The summed E-state index contributed by atoms with van der Waals surface area (Å²) in [5.41, 5.74) is 1.14. The number of rotatable bonds is 6. The molecule has 0 heterocycles. The second-order valence-electron chi connectivity index (χ2n) is 4.83. The molecule has 3 nitrogen and oxygen atoms in total. The number of carbonyl (C=O) groups excluding carboxylic acids is 1. The summed E-state index contributed by atoms with van der Waals surface area (Å²) in [6, 6.07) is 10.0. The zero-order chi connectivity index (χ0) is 13.3. The summed E-state index contributed by atoms with van der Waals surface area (Å²) in [6.07, 6.45) is 8.90. The fraction of sp³-hybridized carbons (Fsp3) is 0.438. The normalized spacial score (nSPS) is 16.0. The largest absolute Gasteiger partial charge is 0.368 e. The van der Waals surface area contributed by atoms with Crippen LogP contribution in [-0.2, 0) is 9.53 Å². The molecule has 102 valence electrons. The summed E-state index contributed by atoms with van der Waals surface area (Å²) < 4.78 is 5.54. The summed E-state index contributed by atoms with van der Waals surface area (Å²) in [5, 5.41) is 2.83. The lowest BCUT2D eigenvalue weighted by Gasteiger charge is -2.10. The van der Waals surface area contributed by atoms with E-state index in [1.807, 2.05) is 42.5 Å². The van der Waals surface area contributed by atoms with Crippen LogP contribution in [0.1, 0.15) is 31.2 Å². The van der Waals surface area contributed by atoms with Gasteiger partial charge in [-0.15, -0.1) is 0 Å². The number of amides is 1. The Morgan fingerprint density at radius 2 is 2.00 bits per heavy atom. The van der Waals surface area contributed by atoms with Crippen LogP contribution in [0.3, 0.4) is 0 Å². The van der Waals surface area contributed by atoms with Gasteiger partial charge in [0, 0.05) is 6.54 Å². The van der Waals surface area contributed by atoms with Crippen molar-refractivity contribution in [3.8, 4) is 0 Å². The first-order valence-electron chi connectivity index (χ1n) is 6.94. The molecule has 1 amide bonds.